The largest absolute Gasteiger partial charge is 0.455 e. The van der Waals surface area contributed by atoms with Gasteiger partial charge in [-0.25, -0.2) is 0 Å². The van der Waals surface area contributed by atoms with E-state index in [9.17, 15) is 0 Å². The molecule has 0 amide bonds. The molecule has 5 heterocycles. The van der Waals surface area contributed by atoms with Crippen LogP contribution >= 0.6 is 0 Å². The molecule has 0 N–H and O–H groups in total. The molecule has 0 saturated heterocycles. The lowest BCUT2D eigenvalue weighted by Gasteiger charge is -2.34. The summed E-state index contributed by atoms with van der Waals surface area (Å²) in [5.74, 6) is 0. The van der Waals surface area contributed by atoms with E-state index < -0.39 is 0 Å². The summed E-state index contributed by atoms with van der Waals surface area (Å²) < 4.78 is 11.9. The maximum Gasteiger partial charge on any atom is 0.333 e. The molecule has 4 heteroatoms. The van der Waals surface area contributed by atoms with E-state index in [2.05, 4.69) is 125 Å². The zero-order valence-electron chi connectivity index (χ0n) is 23.3. The predicted octanol–water partition coefficient (Wildman–Crippen LogP) is 8.64. The maximum absolute atomic E-state index is 6.70. The van der Waals surface area contributed by atoms with Gasteiger partial charge in [0.2, 0.25) is 0 Å². The zero-order valence-corrected chi connectivity index (χ0v) is 23.3. The van der Waals surface area contributed by atoms with Gasteiger partial charge in [0.1, 0.15) is 11.2 Å². The van der Waals surface area contributed by atoms with Crippen LogP contribution in [0.25, 0.3) is 93.1 Å². The van der Waals surface area contributed by atoms with Crippen LogP contribution in [0.1, 0.15) is 5.56 Å². The average Bonchev–Trinajstić information content (AvgIpc) is 3.71. The molecular weight excluding hydrogens is 523 g/mol. The zero-order chi connectivity index (χ0) is 27.7. The van der Waals surface area contributed by atoms with Crippen LogP contribution in [-0.2, 0) is 0 Å². The first-order valence-corrected chi connectivity index (χ1v) is 15.1. The molecule has 0 atom stereocenters. The molecule has 196 valence electrons. The minimum absolute atomic E-state index is 0.0573. The second kappa shape index (κ2) is 6.77. The molecule has 3 nitrogen and oxygen atoms in total. The van der Waals surface area contributed by atoms with Gasteiger partial charge < -0.3 is 13.5 Å². The standard InChI is InChI=1S/C39H21BN2O/c1-20-13-18-30-36-32(20)26-19-25-23-8-3-5-12-31(23)43-39(25)35-24-9-2-4-10-28(24)42(37(26)35)40(36)27-17-16-22-15-14-21-7-6-11-29-33(21)34(22)38(27)41(29)30/h2-19H,1H3. The van der Waals surface area contributed by atoms with E-state index in [1.165, 1.54) is 98.5 Å². The Bertz CT molecular complexity index is 2920. The lowest BCUT2D eigenvalue weighted by atomic mass is 9.45. The summed E-state index contributed by atoms with van der Waals surface area (Å²) in [6.45, 7) is 2.34. The maximum atomic E-state index is 6.70. The molecule has 0 aliphatic carbocycles. The van der Waals surface area contributed by atoms with Crippen molar-refractivity contribution in [3.8, 4) is 16.8 Å². The van der Waals surface area contributed by atoms with E-state index in [4.69, 9.17) is 4.42 Å². The Labute approximate surface area is 245 Å². The second-order valence-electron chi connectivity index (χ2n) is 12.5. The number of para-hydroxylation sites is 2. The van der Waals surface area contributed by atoms with Gasteiger partial charge >= 0.3 is 6.85 Å². The van der Waals surface area contributed by atoms with Gasteiger partial charge in [0.15, 0.2) is 0 Å². The number of rotatable bonds is 0. The van der Waals surface area contributed by atoms with E-state index in [-0.39, 0.29) is 6.85 Å². The lowest BCUT2D eigenvalue weighted by molar-refractivity contribution is 0.673. The smallest absolute Gasteiger partial charge is 0.333 e. The number of aromatic nitrogens is 2. The average molecular weight is 544 g/mol. The summed E-state index contributed by atoms with van der Waals surface area (Å²) in [5.41, 5.74) is 15.1. The highest BCUT2D eigenvalue weighted by Gasteiger charge is 2.42. The lowest BCUT2D eigenvalue weighted by Crippen LogP contribution is -2.55. The molecule has 3 aromatic heterocycles. The molecular formula is C39H21BN2O. The van der Waals surface area contributed by atoms with Gasteiger partial charge in [0.05, 0.1) is 16.4 Å². The van der Waals surface area contributed by atoms with E-state index in [0.717, 1.165) is 11.2 Å². The fraction of sp³-hybridized carbons (Fsp3) is 0.0256. The van der Waals surface area contributed by atoms with Crippen LogP contribution in [0, 0.1) is 6.92 Å². The third-order valence-corrected chi connectivity index (χ3v) is 10.6. The minimum Gasteiger partial charge on any atom is -0.455 e. The summed E-state index contributed by atoms with van der Waals surface area (Å²) >= 11 is 0. The van der Waals surface area contributed by atoms with Crippen LogP contribution in [0.15, 0.2) is 114 Å². The summed E-state index contributed by atoms with van der Waals surface area (Å²) in [4.78, 5) is 0. The summed E-state index contributed by atoms with van der Waals surface area (Å²) in [7, 11) is 0. The van der Waals surface area contributed by atoms with Crippen molar-refractivity contribution in [1.82, 2.24) is 9.05 Å². The Morgan fingerprint density at radius 1 is 0.628 bits per heavy atom. The highest BCUT2D eigenvalue weighted by atomic mass is 16.3. The molecule has 0 saturated carbocycles. The van der Waals surface area contributed by atoms with E-state index in [0.29, 0.717) is 0 Å². The van der Waals surface area contributed by atoms with E-state index in [1.54, 1.807) is 0 Å². The second-order valence-corrected chi connectivity index (χ2v) is 12.5. The predicted molar refractivity (Wildman–Crippen MR) is 180 cm³/mol. The van der Waals surface area contributed by atoms with Crippen LogP contribution in [0.2, 0.25) is 0 Å². The molecule has 0 unspecified atom stereocenters. The number of nitrogens with zero attached hydrogens (tertiary/aromatic N) is 2. The molecule has 0 spiro atoms. The molecule has 2 aliphatic heterocycles. The van der Waals surface area contributed by atoms with Crippen LogP contribution in [0.5, 0.6) is 0 Å². The van der Waals surface area contributed by atoms with Crippen molar-refractivity contribution in [3.05, 3.63) is 115 Å². The molecule has 10 aromatic rings. The number of fused-ring (bicyclic) bond motifs is 12. The van der Waals surface area contributed by atoms with Gasteiger partial charge in [-0.2, -0.15) is 0 Å². The fourth-order valence-electron chi connectivity index (χ4n) is 8.99. The Hall–Kier alpha value is -5.48. The number of benzene rings is 7. The molecule has 7 aromatic carbocycles. The summed E-state index contributed by atoms with van der Waals surface area (Å²) in [5, 5.41) is 10.2. The first kappa shape index (κ1) is 21.3. The third kappa shape index (κ3) is 2.17. The molecule has 0 bridgehead atoms. The fourth-order valence-corrected chi connectivity index (χ4v) is 8.99. The Balaban J connectivity index is 1.39. The van der Waals surface area contributed by atoms with Crippen molar-refractivity contribution in [1.29, 1.82) is 0 Å². The number of hydrogen-bond donors (Lipinski definition) is 0. The first-order valence-electron chi connectivity index (χ1n) is 15.1. The van der Waals surface area contributed by atoms with Gasteiger partial charge in [-0.3, -0.25) is 0 Å². The highest BCUT2D eigenvalue weighted by Crippen LogP contribution is 2.48. The summed E-state index contributed by atoms with van der Waals surface area (Å²) in [6.07, 6.45) is 0. The van der Waals surface area contributed by atoms with Crippen molar-refractivity contribution in [2.45, 2.75) is 6.92 Å². The molecule has 0 radical (unpaired) electrons. The Morgan fingerprint density at radius 2 is 1.42 bits per heavy atom. The van der Waals surface area contributed by atoms with Gasteiger partial charge in [-0.1, -0.05) is 78.9 Å². The van der Waals surface area contributed by atoms with Crippen LogP contribution < -0.4 is 10.9 Å². The van der Waals surface area contributed by atoms with Gasteiger partial charge in [-0.15, -0.1) is 0 Å². The molecule has 43 heavy (non-hydrogen) atoms. The van der Waals surface area contributed by atoms with Crippen molar-refractivity contribution in [2.75, 3.05) is 0 Å². The topological polar surface area (TPSA) is 23.0 Å². The van der Waals surface area contributed by atoms with Crippen LogP contribution in [-0.4, -0.2) is 15.9 Å². The number of aryl methyl sites for hydroxylation is 1. The summed E-state index contributed by atoms with van der Waals surface area (Å²) in [6, 6.07) is 40.6. The van der Waals surface area contributed by atoms with Crippen LogP contribution in [0.4, 0.5) is 0 Å². The normalized spacial score (nSPS) is 13.7. The molecule has 0 fully saturated rings. The quantitative estimate of drug-likeness (QED) is 0.138. The number of hydrogen-bond acceptors (Lipinski definition) is 1. The first-order chi connectivity index (χ1) is 21.3. The van der Waals surface area contributed by atoms with E-state index >= 15 is 0 Å². The molecule has 12 rings (SSSR count). The van der Waals surface area contributed by atoms with Crippen molar-refractivity contribution < 1.29 is 4.42 Å². The minimum atomic E-state index is 0.0573. The van der Waals surface area contributed by atoms with Crippen LogP contribution in [0.3, 0.4) is 0 Å². The van der Waals surface area contributed by atoms with E-state index in [1.807, 2.05) is 0 Å². The van der Waals surface area contributed by atoms with Crippen molar-refractivity contribution in [3.63, 3.8) is 0 Å². The Morgan fingerprint density at radius 3 is 2.35 bits per heavy atom. The van der Waals surface area contributed by atoms with Crippen molar-refractivity contribution in [2.24, 2.45) is 0 Å². The monoisotopic (exact) mass is 544 g/mol. The van der Waals surface area contributed by atoms with Crippen molar-refractivity contribution >= 4 is 94.1 Å². The Kier molecular flexibility index (Phi) is 3.35. The highest BCUT2D eigenvalue weighted by molar-refractivity contribution is 6.90. The van der Waals surface area contributed by atoms with Gasteiger partial charge in [0, 0.05) is 49.2 Å². The number of furan rings is 1. The third-order valence-electron chi connectivity index (χ3n) is 10.6. The van der Waals surface area contributed by atoms with Gasteiger partial charge in [0.25, 0.3) is 0 Å². The van der Waals surface area contributed by atoms with Gasteiger partial charge in [-0.05, 0) is 70.1 Å². The SMILES string of the molecule is Cc1ccc2c3c1-c1cc4c5ccccc5oc4c4c5ccccc5n(c14)B3c1ccc3ccc4cccc5c4c3c1n5-2. The molecule has 2 aliphatic rings.